The summed E-state index contributed by atoms with van der Waals surface area (Å²) in [5.74, 6) is -1.42. The Morgan fingerprint density at radius 3 is 2.77 bits per heavy atom. The van der Waals surface area contributed by atoms with Gasteiger partial charge >= 0.3 is 6.36 Å². The first-order valence-corrected chi connectivity index (χ1v) is 6.29. The van der Waals surface area contributed by atoms with Gasteiger partial charge in [0.2, 0.25) is 0 Å². The number of hydrogen-bond donors (Lipinski definition) is 2. The van der Waals surface area contributed by atoms with Crippen LogP contribution in [0.4, 0.5) is 23.2 Å². The smallest absolute Gasteiger partial charge is 0.405 e. The number of alkyl halides is 3. The summed E-state index contributed by atoms with van der Waals surface area (Å²) in [4.78, 5) is 0. The van der Waals surface area contributed by atoms with Gasteiger partial charge in [-0.15, -0.1) is 13.2 Å². The maximum atomic E-state index is 13.1. The van der Waals surface area contributed by atoms with Crippen molar-refractivity contribution in [3.05, 3.63) is 42.0 Å². The highest BCUT2D eigenvalue weighted by atomic mass is 19.4. The zero-order valence-electron chi connectivity index (χ0n) is 11.3. The Labute approximate surface area is 123 Å². The molecule has 0 spiro atoms. The highest BCUT2D eigenvalue weighted by Crippen LogP contribution is 2.27. The standard InChI is InChI=1S/C13H13F4N3O2/c14-10-2-1-9(12(5-10)22-13(15,16)17)6-18-11-7-19-20(8-11)3-4-21/h1-2,5,7-8,18,21H,3-4,6H2. The van der Waals surface area contributed by atoms with Crippen LogP contribution in [0.3, 0.4) is 0 Å². The second kappa shape index (κ2) is 6.65. The molecule has 2 N–H and O–H groups in total. The van der Waals surface area contributed by atoms with E-state index in [0.29, 0.717) is 18.3 Å². The van der Waals surface area contributed by atoms with Crippen molar-refractivity contribution in [2.45, 2.75) is 19.5 Å². The fourth-order valence-electron chi connectivity index (χ4n) is 1.77. The molecule has 2 aromatic rings. The summed E-state index contributed by atoms with van der Waals surface area (Å²) < 4.78 is 55.3. The van der Waals surface area contributed by atoms with Crippen molar-refractivity contribution in [1.82, 2.24) is 9.78 Å². The van der Waals surface area contributed by atoms with E-state index in [-0.39, 0.29) is 18.7 Å². The normalized spacial score (nSPS) is 11.5. The number of aliphatic hydroxyl groups is 1. The molecular weight excluding hydrogens is 306 g/mol. The maximum absolute atomic E-state index is 13.1. The summed E-state index contributed by atoms with van der Waals surface area (Å²) in [5.41, 5.74) is 0.698. The van der Waals surface area contributed by atoms with E-state index in [9.17, 15) is 17.6 Å². The van der Waals surface area contributed by atoms with Gasteiger partial charge in [-0.3, -0.25) is 4.68 Å². The molecule has 1 aromatic carbocycles. The van der Waals surface area contributed by atoms with E-state index >= 15 is 0 Å². The van der Waals surface area contributed by atoms with Crippen molar-refractivity contribution < 1.29 is 27.4 Å². The van der Waals surface area contributed by atoms with E-state index in [1.165, 1.54) is 16.9 Å². The number of aromatic nitrogens is 2. The van der Waals surface area contributed by atoms with Crippen LogP contribution in [-0.2, 0) is 13.1 Å². The summed E-state index contributed by atoms with van der Waals surface area (Å²) in [5, 5.41) is 15.6. The number of anilines is 1. The fourth-order valence-corrected chi connectivity index (χ4v) is 1.77. The van der Waals surface area contributed by atoms with E-state index in [2.05, 4.69) is 15.2 Å². The molecule has 0 fully saturated rings. The van der Waals surface area contributed by atoms with Crippen LogP contribution in [0.2, 0.25) is 0 Å². The second-order valence-electron chi connectivity index (χ2n) is 4.37. The topological polar surface area (TPSA) is 59.3 Å². The Morgan fingerprint density at radius 2 is 2.09 bits per heavy atom. The molecule has 1 heterocycles. The van der Waals surface area contributed by atoms with Crippen LogP contribution >= 0.6 is 0 Å². The van der Waals surface area contributed by atoms with Crippen molar-refractivity contribution in [3.8, 4) is 5.75 Å². The van der Waals surface area contributed by atoms with Crippen LogP contribution < -0.4 is 10.1 Å². The molecule has 0 atom stereocenters. The Bertz CT molecular complexity index is 628. The molecule has 0 unspecified atom stereocenters. The predicted octanol–water partition coefficient (Wildman–Crippen LogP) is 2.53. The lowest BCUT2D eigenvalue weighted by atomic mass is 10.2. The molecule has 0 aliphatic carbocycles. The second-order valence-corrected chi connectivity index (χ2v) is 4.37. The maximum Gasteiger partial charge on any atom is 0.573 e. The minimum atomic E-state index is -4.89. The molecule has 5 nitrogen and oxygen atoms in total. The molecule has 0 saturated heterocycles. The van der Waals surface area contributed by atoms with E-state index in [4.69, 9.17) is 5.11 Å². The Balaban J connectivity index is 2.08. The minimum absolute atomic E-state index is 0.00346. The Morgan fingerprint density at radius 1 is 1.32 bits per heavy atom. The average Bonchev–Trinajstić information content (AvgIpc) is 2.84. The lowest BCUT2D eigenvalue weighted by molar-refractivity contribution is -0.274. The lowest BCUT2D eigenvalue weighted by Crippen LogP contribution is -2.18. The van der Waals surface area contributed by atoms with Gasteiger partial charge in [0.15, 0.2) is 0 Å². The highest BCUT2D eigenvalue weighted by Gasteiger charge is 2.32. The number of ether oxygens (including phenoxy) is 1. The molecule has 0 aliphatic heterocycles. The van der Waals surface area contributed by atoms with Crippen molar-refractivity contribution in [1.29, 1.82) is 0 Å². The third kappa shape index (κ3) is 4.62. The first-order valence-electron chi connectivity index (χ1n) is 6.29. The molecule has 0 bridgehead atoms. The zero-order chi connectivity index (χ0) is 16.2. The lowest BCUT2D eigenvalue weighted by Gasteiger charge is -2.13. The summed E-state index contributed by atoms with van der Waals surface area (Å²) >= 11 is 0. The van der Waals surface area contributed by atoms with Crippen LogP contribution in [0.1, 0.15) is 5.56 Å². The van der Waals surface area contributed by atoms with Gasteiger partial charge in [-0.25, -0.2) is 4.39 Å². The van der Waals surface area contributed by atoms with Crippen LogP contribution in [0.25, 0.3) is 0 Å². The number of aliphatic hydroxyl groups excluding tert-OH is 1. The molecule has 2 rings (SSSR count). The van der Waals surface area contributed by atoms with Gasteiger partial charge in [0, 0.05) is 24.4 Å². The van der Waals surface area contributed by atoms with Crippen LogP contribution in [0.5, 0.6) is 5.75 Å². The van der Waals surface area contributed by atoms with Crippen molar-refractivity contribution in [2.24, 2.45) is 0 Å². The number of nitrogens with one attached hydrogen (secondary N) is 1. The van der Waals surface area contributed by atoms with E-state index in [1.54, 1.807) is 6.20 Å². The van der Waals surface area contributed by atoms with Gasteiger partial charge in [0.05, 0.1) is 25.0 Å². The minimum Gasteiger partial charge on any atom is -0.405 e. The van der Waals surface area contributed by atoms with Gasteiger partial charge in [-0.05, 0) is 6.07 Å². The van der Waals surface area contributed by atoms with Crippen molar-refractivity contribution in [2.75, 3.05) is 11.9 Å². The largest absolute Gasteiger partial charge is 0.573 e. The monoisotopic (exact) mass is 319 g/mol. The number of halogens is 4. The van der Waals surface area contributed by atoms with Crippen molar-refractivity contribution >= 4 is 5.69 Å². The van der Waals surface area contributed by atoms with Crippen molar-refractivity contribution in [3.63, 3.8) is 0 Å². The fraction of sp³-hybridized carbons (Fsp3) is 0.308. The van der Waals surface area contributed by atoms with Crippen LogP contribution in [0.15, 0.2) is 30.6 Å². The first kappa shape index (κ1) is 16.1. The zero-order valence-corrected chi connectivity index (χ0v) is 11.3. The average molecular weight is 319 g/mol. The predicted molar refractivity (Wildman–Crippen MR) is 69.7 cm³/mol. The third-order valence-corrected chi connectivity index (χ3v) is 2.70. The number of benzene rings is 1. The first-order chi connectivity index (χ1) is 10.4. The van der Waals surface area contributed by atoms with Gasteiger partial charge < -0.3 is 15.2 Å². The summed E-state index contributed by atoms with van der Waals surface area (Å²) in [6, 6.07) is 2.94. The highest BCUT2D eigenvalue weighted by molar-refractivity contribution is 5.42. The third-order valence-electron chi connectivity index (χ3n) is 2.70. The summed E-state index contributed by atoms with van der Waals surface area (Å²) in [6.45, 7) is 0.222. The quantitative estimate of drug-likeness (QED) is 0.803. The molecule has 0 radical (unpaired) electrons. The van der Waals surface area contributed by atoms with Gasteiger partial charge in [0.1, 0.15) is 11.6 Å². The van der Waals surface area contributed by atoms with Gasteiger partial charge in [0.25, 0.3) is 0 Å². The molecule has 1 aromatic heterocycles. The number of rotatable bonds is 6. The van der Waals surface area contributed by atoms with E-state index < -0.39 is 17.9 Å². The molecular formula is C13H13F4N3O2. The molecule has 9 heteroatoms. The van der Waals surface area contributed by atoms with E-state index in [0.717, 1.165) is 6.07 Å². The molecule has 22 heavy (non-hydrogen) atoms. The van der Waals surface area contributed by atoms with E-state index in [1.807, 2.05) is 0 Å². The van der Waals surface area contributed by atoms with Gasteiger partial charge in [-0.1, -0.05) is 6.07 Å². The number of hydrogen-bond acceptors (Lipinski definition) is 4. The molecule has 0 aliphatic rings. The Kier molecular flexibility index (Phi) is 4.86. The SMILES string of the molecule is OCCn1cc(NCc2ccc(F)cc2OC(F)(F)F)cn1. The van der Waals surface area contributed by atoms with Gasteiger partial charge in [-0.2, -0.15) is 5.10 Å². The molecule has 120 valence electrons. The van der Waals surface area contributed by atoms with Crippen LogP contribution in [0, 0.1) is 5.82 Å². The molecule has 0 saturated carbocycles. The number of nitrogens with zero attached hydrogens (tertiary/aromatic N) is 2. The summed E-state index contributed by atoms with van der Waals surface area (Å²) in [7, 11) is 0. The molecule has 0 amide bonds. The Hall–Kier alpha value is -2.29. The van der Waals surface area contributed by atoms with Crippen LogP contribution in [-0.4, -0.2) is 27.9 Å². The summed E-state index contributed by atoms with van der Waals surface area (Å²) in [6.07, 6.45) is -1.85.